The second-order valence-electron chi connectivity index (χ2n) is 7.67. The predicted octanol–water partition coefficient (Wildman–Crippen LogP) is 7.12. The van der Waals surface area contributed by atoms with Crippen molar-refractivity contribution < 1.29 is 41.0 Å². The van der Waals surface area contributed by atoms with Crippen molar-refractivity contribution in [1.82, 2.24) is 0 Å². The number of halogens is 5. The second-order valence-corrected chi connectivity index (χ2v) is 7.67. The SMILES string of the molecule is CCCCCCCCCCCCOC(=O)c1ccc(C(=O)OCC(F)(F)C(F)(F)F)cc1. The Bertz CT molecular complexity index is 687. The highest BCUT2D eigenvalue weighted by Gasteiger charge is 2.58. The zero-order valence-corrected chi connectivity index (χ0v) is 18.3. The topological polar surface area (TPSA) is 52.6 Å². The highest BCUT2D eigenvalue weighted by Crippen LogP contribution is 2.35. The molecule has 0 unspecified atom stereocenters. The fourth-order valence-corrected chi connectivity index (χ4v) is 2.90. The highest BCUT2D eigenvalue weighted by atomic mass is 19.4. The van der Waals surface area contributed by atoms with Crippen LogP contribution in [0.25, 0.3) is 0 Å². The summed E-state index contributed by atoms with van der Waals surface area (Å²) < 4.78 is 71.1. The maximum atomic E-state index is 12.8. The van der Waals surface area contributed by atoms with Gasteiger partial charge in [0.1, 0.15) is 0 Å². The summed E-state index contributed by atoms with van der Waals surface area (Å²) in [4.78, 5) is 23.6. The molecule has 0 saturated carbocycles. The molecular formula is C23H31F5O4. The molecule has 0 atom stereocenters. The average molecular weight is 466 g/mol. The third kappa shape index (κ3) is 10.4. The van der Waals surface area contributed by atoms with E-state index >= 15 is 0 Å². The number of ether oxygens (including phenoxy) is 2. The fourth-order valence-electron chi connectivity index (χ4n) is 2.90. The summed E-state index contributed by atoms with van der Waals surface area (Å²) in [7, 11) is 0. The molecule has 4 nitrogen and oxygen atoms in total. The molecule has 0 radical (unpaired) electrons. The predicted molar refractivity (Wildman–Crippen MR) is 110 cm³/mol. The molecule has 1 aromatic rings. The molecule has 0 spiro atoms. The van der Waals surface area contributed by atoms with Crippen molar-refractivity contribution in [3.63, 3.8) is 0 Å². The van der Waals surface area contributed by atoms with E-state index in [-0.39, 0.29) is 17.7 Å². The van der Waals surface area contributed by atoms with Crippen molar-refractivity contribution in [1.29, 1.82) is 0 Å². The first kappa shape index (κ1) is 27.8. The Hall–Kier alpha value is -2.19. The van der Waals surface area contributed by atoms with Crippen LogP contribution in [0.15, 0.2) is 24.3 Å². The number of unbranched alkanes of at least 4 members (excludes halogenated alkanes) is 9. The Balaban J connectivity index is 2.25. The van der Waals surface area contributed by atoms with Gasteiger partial charge in [-0.05, 0) is 30.7 Å². The van der Waals surface area contributed by atoms with E-state index in [4.69, 9.17) is 4.74 Å². The molecule has 0 bridgehead atoms. The Morgan fingerprint density at radius 1 is 0.688 bits per heavy atom. The van der Waals surface area contributed by atoms with Gasteiger partial charge in [0, 0.05) is 0 Å². The molecule has 0 aliphatic carbocycles. The lowest BCUT2D eigenvalue weighted by molar-refractivity contribution is -0.292. The quantitative estimate of drug-likeness (QED) is 0.157. The Kier molecular flexibility index (Phi) is 12.2. The molecule has 0 aromatic heterocycles. The molecule has 32 heavy (non-hydrogen) atoms. The van der Waals surface area contributed by atoms with Gasteiger partial charge in [0.05, 0.1) is 17.7 Å². The number of hydrogen-bond acceptors (Lipinski definition) is 4. The van der Waals surface area contributed by atoms with Gasteiger partial charge in [0.2, 0.25) is 0 Å². The molecule has 1 aromatic carbocycles. The summed E-state index contributed by atoms with van der Waals surface area (Å²) in [6.07, 6.45) is 5.69. The maximum absolute atomic E-state index is 12.8. The number of carbonyl (C=O) groups is 2. The molecule has 0 N–H and O–H groups in total. The van der Waals surface area contributed by atoms with Gasteiger partial charge >= 0.3 is 24.0 Å². The second kappa shape index (κ2) is 14.1. The van der Waals surface area contributed by atoms with Crippen LogP contribution in [-0.2, 0) is 9.47 Å². The summed E-state index contributed by atoms with van der Waals surface area (Å²) in [6, 6.07) is 4.65. The van der Waals surface area contributed by atoms with Crippen LogP contribution in [0.2, 0.25) is 0 Å². The van der Waals surface area contributed by atoms with Crippen LogP contribution in [0.5, 0.6) is 0 Å². The number of hydrogen-bond donors (Lipinski definition) is 0. The monoisotopic (exact) mass is 466 g/mol. The van der Waals surface area contributed by atoms with Gasteiger partial charge in [-0.15, -0.1) is 0 Å². The molecule has 0 saturated heterocycles. The molecule has 182 valence electrons. The van der Waals surface area contributed by atoms with Gasteiger partial charge in [0.25, 0.3) is 0 Å². The lowest BCUT2D eigenvalue weighted by Gasteiger charge is -2.19. The van der Waals surface area contributed by atoms with E-state index in [0.29, 0.717) is 0 Å². The Morgan fingerprint density at radius 3 is 1.53 bits per heavy atom. The number of alkyl halides is 5. The molecule has 9 heteroatoms. The molecule has 0 heterocycles. The minimum atomic E-state index is -5.81. The summed E-state index contributed by atoms with van der Waals surface area (Å²) in [6.45, 7) is 0.333. The van der Waals surface area contributed by atoms with E-state index in [1.54, 1.807) is 0 Å². The molecule has 1 rings (SSSR count). The first-order chi connectivity index (χ1) is 15.1. The van der Waals surface area contributed by atoms with Crippen LogP contribution < -0.4 is 0 Å². The summed E-state index contributed by atoms with van der Waals surface area (Å²) in [5.74, 6) is -7.09. The average Bonchev–Trinajstić information content (AvgIpc) is 2.75. The van der Waals surface area contributed by atoms with Crippen LogP contribution in [0.4, 0.5) is 22.0 Å². The third-order valence-electron chi connectivity index (χ3n) is 4.89. The molecule has 0 fully saturated rings. The van der Waals surface area contributed by atoms with Crippen molar-refractivity contribution >= 4 is 11.9 Å². The fraction of sp³-hybridized carbons (Fsp3) is 0.652. The van der Waals surface area contributed by atoms with Crippen LogP contribution in [0.3, 0.4) is 0 Å². The number of esters is 2. The van der Waals surface area contributed by atoms with Crippen molar-refractivity contribution in [2.75, 3.05) is 13.2 Å². The summed E-state index contributed by atoms with van der Waals surface area (Å²) >= 11 is 0. The van der Waals surface area contributed by atoms with Crippen molar-refractivity contribution in [3.05, 3.63) is 35.4 Å². The first-order valence-electron chi connectivity index (χ1n) is 11.0. The first-order valence-corrected chi connectivity index (χ1v) is 11.0. The molecule has 0 aliphatic heterocycles. The smallest absolute Gasteiger partial charge is 0.456 e. The summed E-state index contributed by atoms with van der Waals surface area (Å²) in [5, 5.41) is 0. The molecule has 0 aliphatic rings. The minimum Gasteiger partial charge on any atom is -0.462 e. The van der Waals surface area contributed by atoms with E-state index in [9.17, 15) is 31.5 Å². The third-order valence-corrected chi connectivity index (χ3v) is 4.89. The maximum Gasteiger partial charge on any atom is 0.456 e. The zero-order valence-electron chi connectivity index (χ0n) is 18.3. The van der Waals surface area contributed by atoms with Crippen molar-refractivity contribution in [3.8, 4) is 0 Å². The lowest BCUT2D eigenvalue weighted by atomic mass is 10.1. The molecule has 0 amide bonds. The van der Waals surface area contributed by atoms with Crippen molar-refractivity contribution in [2.24, 2.45) is 0 Å². The number of benzene rings is 1. The largest absolute Gasteiger partial charge is 0.462 e. The van der Waals surface area contributed by atoms with Gasteiger partial charge in [-0.1, -0.05) is 64.7 Å². The van der Waals surface area contributed by atoms with E-state index in [2.05, 4.69) is 11.7 Å². The van der Waals surface area contributed by atoms with Gasteiger partial charge in [-0.3, -0.25) is 0 Å². The zero-order chi connectivity index (χ0) is 24.0. The highest BCUT2D eigenvalue weighted by molar-refractivity contribution is 5.93. The van der Waals surface area contributed by atoms with E-state index < -0.39 is 30.6 Å². The Labute approximate surface area is 185 Å². The standard InChI is InChI=1S/C23H31F5O4/c1-2-3-4-5-6-7-8-9-10-11-16-31-20(29)18-12-14-19(15-13-18)21(30)32-17-22(24,25)23(26,27)28/h12-15H,2-11,16-17H2,1H3. The van der Waals surface area contributed by atoms with Gasteiger partial charge < -0.3 is 9.47 Å². The number of rotatable bonds is 15. The van der Waals surface area contributed by atoms with Crippen molar-refractivity contribution in [2.45, 2.75) is 83.2 Å². The number of carbonyl (C=O) groups excluding carboxylic acids is 2. The Morgan fingerprint density at radius 2 is 1.09 bits per heavy atom. The van der Waals surface area contributed by atoms with Crippen LogP contribution >= 0.6 is 0 Å². The molecular weight excluding hydrogens is 435 g/mol. The van der Waals surface area contributed by atoms with Gasteiger partial charge in [-0.2, -0.15) is 22.0 Å². The van der Waals surface area contributed by atoms with E-state index in [1.807, 2.05) is 0 Å². The lowest BCUT2D eigenvalue weighted by Crippen LogP contribution is -2.41. The van der Waals surface area contributed by atoms with Gasteiger partial charge in [0.15, 0.2) is 6.61 Å². The van der Waals surface area contributed by atoms with E-state index in [1.165, 1.54) is 50.7 Å². The van der Waals surface area contributed by atoms with Crippen LogP contribution in [-0.4, -0.2) is 37.3 Å². The van der Waals surface area contributed by atoms with Crippen LogP contribution in [0, 0.1) is 0 Å². The normalized spacial score (nSPS) is 11.9. The van der Waals surface area contributed by atoms with Gasteiger partial charge in [-0.25, -0.2) is 9.59 Å². The van der Waals surface area contributed by atoms with Crippen LogP contribution in [0.1, 0.15) is 91.8 Å². The van der Waals surface area contributed by atoms with E-state index in [0.717, 1.165) is 37.8 Å². The minimum absolute atomic E-state index is 0.134. The summed E-state index contributed by atoms with van der Waals surface area (Å²) in [5.41, 5.74) is -0.122.